The van der Waals surface area contributed by atoms with E-state index in [0.29, 0.717) is 49.7 Å². The van der Waals surface area contributed by atoms with E-state index in [4.69, 9.17) is 9.47 Å². The number of piperazine rings is 1. The van der Waals surface area contributed by atoms with Crippen LogP contribution in [0.1, 0.15) is 36.5 Å². The molecule has 0 radical (unpaired) electrons. The molecule has 2 rings (SSSR count). The predicted octanol–water partition coefficient (Wildman–Crippen LogP) is 2.18. The molecule has 0 saturated carbocycles. The molecule has 1 fully saturated rings. The molecular formula is C18H26N2O4. The fourth-order valence-electron chi connectivity index (χ4n) is 2.80. The Bertz CT molecular complexity index is 580. The molecular weight excluding hydrogens is 308 g/mol. The third kappa shape index (κ3) is 4.19. The topological polar surface area (TPSA) is 59.1 Å². The number of carbonyl (C=O) groups excluding carboxylic acids is 2. The van der Waals surface area contributed by atoms with E-state index >= 15 is 0 Å². The van der Waals surface area contributed by atoms with Crippen molar-refractivity contribution in [2.45, 2.75) is 26.2 Å². The van der Waals surface area contributed by atoms with E-state index in [9.17, 15) is 9.59 Å². The van der Waals surface area contributed by atoms with Gasteiger partial charge >= 0.3 is 0 Å². The Kier molecular flexibility index (Phi) is 6.46. The number of amides is 2. The predicted molar refractivity (Wildman–Crippen MR) is 91.6 cm³/mol. The van der Waals surface area contributed by atoms with E-state index in [0.717, 1.165) is 12.8 Å². The van der Waals surface area contributed by atoms with Gasteiger partial charge in [-0.05, 0) is 24.6 Å². The molecule has 1 heterocycles. The van der Waals surface area contributed by atoms with Crippen LogP contribution in [0.4, 0.5) is 0 Å². The summed E-state index contributed by atoms with van der Waals surface area (Å²) in [4.78, 5) is 28.3. The average Bonchev–Trinajstić information content (AvgIpc) is 2.64. The molecule has 0 atom stereocenters. The first-order valence-corrected chi connectivity index (χ1v) is 8.39. The van der Waals surface area contributed by atoms with E-state index in [2.05, 4.69) is 6.92 Å². The number of hydrogen-bond acceptors (Lipinski definition) is 4. The molecule has 0 aromatic heterocycles. The molecule has 0 bridgehead atoms. The Balaban J connectivity index is 1.96. The van der Waals surface area contributed by atoms with Crippen LogP contribution in [-0.4, -0.2) is 62.0 Å². The summed E-state index contributed by atoms with van der Waals surface area (Å²) >= 11 is 0. The molecule has 0 aliphatic carbocycles. The zero-order valence-electron chi connectivity index (χ0n) is 14.7. The minimum Gasteiger partial charge on any atom is -0.493 e. The van der Waals surface area contributed by atoms with Crippen molar-refractivity contribution >= 4 is 11.8 Å². The average molecular weight is 334 g/mol. The van der Waals surface area contributed by atoms with Gasteiger partial charge in [-0.1, -0.05) is 13.3 Å². The maximum absolute atomic E-state index is 12.6. The second kappa shape index (κ2) is 8.57. The molecule has 1 aromatic carbocycles. The number of ether oxygens (including phenoxy) is 2. The number of methoxy groups -OCH3 is 2. The van der Waals surface area contributed by atoms with E-state index in [-0.39, 0.29) is 11.8 Å². The summed E-state index contributed by atoms with van der Waals surface area (Å²) in [7, 11) is 3.11. The summed E-state index contributed by atoms with van der Waals surface area (Å²) in [5.74, 6) is 1.28. The van der Waals surface area contributed by atoms with Crippen molar-refractivity contribution in [3.63, 3.8) is 0 Å². The fraction of sp³-hybridized carbons (Fsp3) is 0.556. The quantitative estimate of drug-likeness (QED) is 0.800. The smallest absolute Gasteiger partial charge is 0.254 e. The van der Waals surface area contributed by atoms with Crippen molar-refractivity contribution in [1.82, 2.24) is 9.80 Å². The van der Waals surface area contributed by atoms with Crippen LogP contribution in [0.2, 0.25) is 0 Å². The molecule has 1 aromatic rings. The molecule has 0 spiro atoms. The molecule has 0 unspecified atom stereocenters. The lowest BCUT2D eigenvalue weighted by Gasteiger charge is -2.35. The van der Waals surface area contributed by atoms with Crippen molar-refractivity contribution in [3.05, 3.63) is 23.8 Å². The molecule has 0 N–H and O–H groups in total. The third-order valence-corrected chi connectivity index (χ3v) is 4.29. The van der Waals surface area contributed by atoms with Gasteiger partial charge in [-0.3, -0.25) is 9.59 Å². The summed E-state index contributed by atoms with van der Waals surface area (Å²) in [6.07, 6.45) is 2.53. The summed E-state index contributed by atoms with van der Waals surface area (Å²) < 4.78 is 10.4. The van der Waals surface area contributed by atoms with Crippen molar-refractivity contribution in [1.29, 1.82) is 0 Å². The highest BCUT2D eigenvalue weighted by molar-refractivity contribution is 5.95. The number of unbranched alkanes of at least 4 members (excludes halogenated alkanes) is 1. The number of hydrogen-bond donors (Lipinski definition) is 0. The Morgan fingerprint density at radius 1 is 1.00 bits per heavy atom. The molecule has 1 aliphatic rings. The first kappa shape index (κ1) is 18.1. The number of nitrogens with zero attached hydrogens (tertiary/aromatic N) is 2. The van der Waals surface area contributed by atoms with Crippen molar-refractivity contribution in [2.24, 2.45) is 0 Å². The zero-order chi connectivity index (χ0) is 17.5. The Hall–Kier alpha value is -2.24. The standard InChI is InChI=1S/C18H26N2O4/c1-4-5-6-17(21)19-9-11-20(12-10-19)18(22)14-7-8-15(23-2)16(13-14)24-3/h7-8,13H,4-6,9-12H2,1-3H3. The highest BCUT2D eigenvalue weighted by Gasteiger charge is 2.25. The lowest BCUT2D eigenvalue weighted by molar-refractivity contribution is -0.132. The molecule has 1 aliphatic heterocycles. The highest BCUT2D eigenvalue weighted by Crippen LogP contribution is 2.28. The minimum absolute atomic E-state index is 0.0448. The lowest BCUT2D eigenvalue weighted by Crippen LogP contribution is -2.50. The van der Waals surface area contributed by atoms with Crippen LogP contribution in [0.15, 0.2) is 18.2 Å². The first-order valence-electron chi connectivity index (χ1n) is 8.39. The zero-order valence-corrected chi connectivity index (χ0v) is 14.7. The number of benzene rings is 1. The van der Waals surface area contributed by atoms with E-state index in [1.54, 1.807) is 37.3 Å². The van der Waals surface area contributed by atoms with Gasteiger partial charge in [0.25, 0.3) is 5.91 Å². The van der Waals surface area contributed by atoms with Crippen molar-refractivity contribution in [2.75, 3.05) is 40.4 Å². The van der Waals surface area contributed by atoms with Crippen molar-refractivity contribution in [3.8, 4) is 11.5 Å². The van der Waals surface area contributed by atoms with Gasteiger partial charge in [0.05, 0.1) is 14.2 Å². The minimum atomic E-state index is -0.0448. The lowest BCUT2D eigenvalue weighted by atomic mass is 10.1. The van der Waals surface area contributed by atoms with Crippen LogP contribution in [0.25, 0.3) is 0 Å². The highest BCUT2D eigenvalue weighted by atomic mass is 16.5. The molecule has 132 valence electrons. The van der Waals surface area contributed by atoms with Gasteiger partial charge < -0.3 is 19.3 Å². The van der Waals surface area contributed by atoms with Crippen LogP contribution < -0.4 is 9.47 Å². The van der Waals surface area contributed by atoms with Gasteiger partial charge in [-0.15, -0.1) is 0 Å². The largest absolute Gasteiger partial charge is 0.493 e. The third-order valence-electron chi connectivity index (χ3n) is 4.29. The van der Waals surface area contributed by atoms with Gasteiger partial charge in [0.15, 0.2) is 11.5 Å². The number of carbonyl (C=O) groups is 2. The Morgan fingerprint density at radius 2 is 1.62 bits per heavy atom. The van der Waals surface area contributed by atoms with Gasteiger partial charge in [0, 0.05) is 38.2 Å². The maximum atomic E-state index is 12.6. The van der Waals surface area contributed by atoms with Crippen LogP contribution in [0.3, 0.4) is 0 Å². The SMILES string of the molecule is CCCCC(=O)N1CCN(C(=O)c2ccc(OC)c(OC)c2)CC1. The fourth-order valence-corrected chi connectivity index (χ4v) is 2.80. The van der Waals surface area contributed by atoms with Crippen molar-refractivity contribution < 1.29 is 19.1 Å². The van der Waals surface area contributed by atoms with Gasteiger partial charge in [-0.2, -0.15) is 0 Å². The Morgan fingerprint density at radius 3 is 2.21 bits per heavy atom. The second-order valence-electron chi connectivity index (χ2n) is 5.85. The van der Waals surface area contributed by atoms with Crippen LogP contribution >= 0.6 is 0 Å². The van der Waals surface area contributed by atoms with E-state index in [1.807, 2.05) is 4.90 Å². The van der Waals surface area contributed by atoms with E-state index < -0.39 is 0 Å². The van der Waals surface area contributed by atoms with Gasteiger partial charge in [-0.25, -0.2) is 0 Å². The summed E-state index contributed by atoms with van der Waals surface area (Å²) in [5, 5.41) is 0. The van der Waals surface area contributed by atoms with Gasteiger partial charge in [0.1, 0.15) is 0 Å². The van der Waals surface area contributed by atoms with E-state index in [1.165, 1.54) is 0 Å². The first-order chi connectivity index (χ1) is 11.6. The van der Waals surface area contributed by atoms with Crippen LogP contribution in [0.5, 0.6) is 11.5 Å². The monoisotopic (exact) mass is 334 g/mol. The molecule has 6 heteroatoms. The normalized spacial score (nSPS) is 14.5. The van der Waals surface area contributed by atoms with Crippen LogP contribution in [0, 0.1) is 0 Å². The second-order valence-corrected chi connectivity index (χ2v) is 5.85. The molecule has 24 heavy (non-hydrogen) atoms. The maximum Gasteiger partial charge on any atom is 0.254 e. The molecule has 6 nitrogen and oxygen atoms in total. The summed E-state index contributed by atoms with van der Waals surface area (Å²) in [5.41, 5.74) is 0.568. The number of rotatable bonds is 6. The van der Waals surface area contributed by atoms with Gasteiger partial charge in [0.2, 0.25) is 5.91 Å². The summed E-state index contributed by atoms with van der Waals surface area (Å²) in [6, 6.07) is 5.17. The Labute approximate surface area is 143 Å². The van der Waals surface area contributed by atoms with Crippen LogP contribution in [-0.2, 0) is 4.79 Å². The molecule has 1 saturated heterocycles. The summed E-state index contributed by atoms with van der Waals surface area (Å²) in [6.45, 7) is 4.40. The molecule has 2 amide bonds.